The zero-order valence-corrected chi connectivity index (χ0v) is 15.7. The molecule has 0 aliphatic carbocycles. The number of benzene rings is 2. The summed E-state index contributed by atoms with van der Waals surface area (Å²) in [7, 11) is 0. The molecule has 2 aromatic heterocycles. The lowest BCUT2D eigenvalue weighted by atomic mass is 9.98. The first-order valence-electron chi connectivity index (χ1n) is 8.31. The topological polar surface area (TPSA) is 77.7 Å². The van der Waals surface area contributed by atoms with Crippen molar-refractivity contribution < 1.29 is 9.18 Å². The highest BCUT2D eigenvalue weighted by Crippen LogP contribution is 2.43. The second-order valence-corrected chi connectivity index (χ2v) is 7.37. The molecule has 8 heteroatoms. The van der Waals surface area contributed by atoms with Crippen molar-refractivity contribution in [2.45, 2.75) is 13.0 Å². The van der Waals surface area contributed by atoms with Crippen molar-refractivity contribution in [1.29, 1.82) is 0 Å². The van der Waals surface area contributed by atoms with Gasteiger partial charge in [-0.05, 0) is 37.3 Å². The highest BCUT2D eigenvalue weighted by atomic mass is 79.9. The molecule has 0 bridgehead atoms. The minimum absolute atomic E-state index is 0.267. The van der Waals surface area contributed by atoms with Crippen LogP contribution in [-0.2, 0) is 0 Å². The van der Waals surface area contributed by atoms with E-state index < -0.39 is 6.04 Å². The van der Waals surface area contributed by atoms with Gasteiger partial charge in [0, 0.05) is 27.0 Å². The number of aromatic nitrogens is 4. The molecule has 1 aliphatic heterocycles. The van der Waals surface area contributed by atoms with E-state index >= 15 is 0 Å². The highest BCUT2D eigenvalue weighted by Gasteiger charge is 2.43. The van der Waals surface area contributed by atoms with Crippen molar-refractivity contribution in [2.24, 2.45) is 0 Å². The van der Waals surface area contributed by atoms with Crippen molar-refractivity contribution in [3.8, 4) is 0 Å². The number of rotatable bonds is 2. The molecule has 0 saturated carbocycles. The number of amides is 1. The molecule has 0 fully saturated rings. The van der Waals surface area contributed by atoms with Gasteiger partial charge in [-0.15, -0.1) is 0 Å². The van der Waals surface area contributed by atoms with E-state index in [2.05, 4.69) is 36.1 Å². The SMILES string of the molecule is Cc1[nH]nc2c1C(c1ccc(Br)cc1F)N(c1ccc3[nH]cnc3c1)C2=O. The molecule has 1 unspecified atom stereocenters. The molecule has 6 nitrogen and oxygen atoms in total. The van der Waals surface area contributed by atoms with Crippen molar-refractivity contribution in [3.63, 3.8) is 0 Å². The number of aromatic amines is 2. The summed E-state index contributed by atoms with van der Waals surface area (Å²) in [6.07, 6.45) is 1.60. The van der Waals surface area contributed by atoms with E-state index in [1.54, 1.807) is 23.4 Å². The fraction of sp³-hybridized carbons (Fsp3) is 0.105. The van der Waals surface area contributed by atoms with Crippen LogP contribution in [0.1, 0.15) is 33.4 Å². The Balaban J connectivity index is 1.74. The zero-order valence-electron chi connectivity index (χ0n) is 14.1. The van der Waals surface area contributed by atoms with Gasteiger partial charge in [0.2, 0.25) is 0 Å². The lowest BCUT2D eigenvalue weighted by Gasteiger charge is -2.26. The largest absolute Gasteiger partial charge is 0.345 e. The third kappa shape index (κ3) is 2.33. The van der Waals surface area contributed by atoms with Crippen LogP contribution in [0.4, 0.5) is 10.1 Å². The first-order chi connectivity index (χ1) is 13.0. The number of carbonyl (C=O) groups excluding carboxylic acids is 1. The summed E-state index contributed by atoms with van der Waals surface area (Å²) in [6, 6.07) is 9.77. The normalized spacial score (nSPS) is 16.3. The molecule has 2 aromatic carbocycles. The maximum Gasteiger partial charge on any atom is 0.280 e. The molecule has 1 atom stereocenters. The van der Waals surface area contributed by atoms with Gasteiger partial charge in [-0.2, -0.15) is 5.10 Å². The van der Waals surface area contributed by atoms with Gasteiger partial charge in [0.15, 0.2) is 5.69 Å². The Bertz CT molecular complexity index is 1210. The fourth-order valence-corrected chi connectivity index (χ4v) is 3.98. The molecule has 0 radical (unpaired) electrons. The van der Waals surface area contributed by atoms with Gasteiger partial charge < -0.3 is 4.98 Å². The lowest BCUT2D eigenvalue weighted by molar-refractivity contribution is 0.0988. The summed E-state index contributed by atoms with van der Waals surface area (Å²) >= 11 is 3.29. The van der Waals surface area contributed by atoms with E-state index in [-0.39, 0.29) is 11.7 Å². The fourth-order valence-electron chi connectivity index (χ4n) is 3.65. The number of hydrogen-bond acceptors (Lipinski definition) is 3. The van der Waals surface area contributed by atoms with E-state index in [1.165, 1.54) is 6.07 Å². The van der Waals surface area contributed by atoms with Gasteiger partial charge in [-0.25, -0.2) is 9.37 Å². The van der Waals surface area contributed by atoms with Crippen molar-refractivity contribution in [1.82, 2.24) is 20.2 Å². The van der Waals surface area contributed by atoms with Gasteiger partial charge in [-0.1, -0.05) is 22.0 Å². The van der Waals surface area contributed by atoms with Crippen LogP contribution in [0.3, 0.4) is 0 Å². The summed E-state index contributed by atoms with van der Waals surface area (Å²) in [5.74, 6) is -0.655. The molecular weight excluding hydrogens is 413 g/mol. The van der Waals surface area contributed by atoms with E-state index in [4.69, 9.17) is 0 Å². The number of halogens is 2. The maximum atomic E-state index is 14.8. The highest BCUT2D eigenvalue weighted by molar-refractivity contribution is 9.10. The smallest absolute Gasteiger partial charge is 0.280 e. The van der Waals surface area contributed by atoms with E-state index in [0.29, 0.717) is 27.0 Å². The summed E-state index contributed by atoms with van der Waals surface area (Å²) in [6.45, 7) is 1.84. The quantitative estimate of drug-likeness (QED) is 0.503. The third-order valence-electron chi connectivity index (χ3n) is 4.89. The van der Waals surface area contributed by atoms with Crippen molar-refractivity contribution in [3.05, 3.63) is 75.5 Å². The van der Waals surface area contributed by atoms with Crippen LogP contribution in [0, 0.1) is 12.7 Å². The van der Waals surface area contributed by atoms with Gasteiger partial charge in [0.25, 0.3) is 5.91 Å². The second-order valence-electron chi connectivity index (χ2n) is 6.46. The Morgan fingerprint density at radius 3 is 2.89 bits per heavy atom. The van der Waals surface area contributed by atoms with Crippen LogP contribution < -0.4 is 4.90 Å². The second kappa shape index (κ2) is 5.75. The Hall–Kier alpha value is -3.00. The number of imidazole rings is 1. The first-order valence-corrected chi connectivity index (χ1v) is 9.10. The third-order valence-corrected chi connectivity index (χ3v) is 5.38. The molecule has 4 aromatic rings. The number of anilines is 1. The number of aryl methyl sites for hydroxylation is 1. The molecule has 134 valence electrons. The monoisotopic (exact) mass is 425 g/mol. The Morgan fingerprint density at radius 1 is 1.22 bits per heavy atom. The molecule has 1 amide bonds. The van der Waals surface area contributed by atoms with E-state index in [9.17, 15) is 9.18 Å². The minimum atomic E-state index is -0.601. The number of fused-ring (bicyclic) bond motifs is 2. The molecule has 2 N–H and O–H groups in total. The van der Waals surface area contributed by atoms with Crippen molar-refractivity contribution in [2.75, 3.05) is 4.90 Å². The summed E-state index contributed by atoms with van der Waals surface area (Å²) < 4.78 is 15.5. The summed E-state index contributed by atoms with van der Waals surface area (Å²) in [4.78, 5) is 22.0. The predicted molar refractivity (Wildman–Crippen MR) is 102 cm³/mol. The summed E-state index contributed by atoms with van der Waals surface area (Å²) in [5, 5.41) is 7.01. The molecule has 5 rings (SSSR count). The zero-order chi connectivity index (χ0) is 18.7. The lowest BCUT2D eigenvalue weighted by Crippen LogP contribution is -2.29. The van der Waals surface area contributed by atoms with Gasteiger partial charge in [-0.3, -0.25) is 14.8 Å². The molecule has 0 saturated heterocycles. The van der Waals surface area contributed by atoms with Crippen LogP contribution in [0.2, 0.25) is 0 Å². The molecule has 0 spiro atoms. The maximum absolute atomic E-state index is 14.8. The first kappa shape index (κ1) is 16.2. The van der Waals surface area contributed by atoms with Gasteiger partial charge in [0.1, 0.15) is 5.82 Å². The van der Waals surface area contributed by atoms with Gasteiger partial charge in [0.05, 0.1) is 23.4 Å². The Kier molecular flexibility index (Phi) is 3.45. The minimum Gasteiger partial charge on any atom is -0.345 e. The molecular formula is C19H13BrFN5O. The molecule has 1 aliphatic rings. The van der Waals surface area contributed by atoms with Crippen LogP contribution >= 0.6 is 15.9 Å². The van der Waals surface area contributed by atoms with Gasteiger partial charge >= 0.3 is 0 Å². The Labute approximate surface area is 161 Å². The Morgan fingerprint density at radius 2 is 2.07 bits per heavy atom. The van der Waals surface area contributed by atoms with E-state index in [0.717, 1.165) is 16.7 Å². The van der Waals surface area contributed by atoms with Crippen LogP contribution in [-0.4, -0.2) is 26.1 Å². The molecule has 27 heavy (non-hydrogen) atoms. The van der Waals surface area contributed by atoms with E-state index in [1.807, 2.05) is 25.1 Å². The van der Waals surface area contributed by atoms with Crippen LogP contribution in [0.15, 0.2) is 47.2 Å². The number of H-pyrrole nitrogens is 2. The standard InChI is InChI=1S/C19H13BrFN5O/c1-9-16-17(25-24-9)19(27)26(11-3-5-14-15(7-11)23-8-22-14)18(16)12-4-2-10(20)6-13(12)21/h2-8,18H,1H3,(H,22,23)(H,24,25). The molecule has 3 heterocycles. The van der Waals surface area contributed by atoms with Crippen LogP contribution in [0.25, 0.3) is 11.0 Å². The number of nitrogens with zero attached hydrogens (tertiary/aromatic N) is 3. The van der Waals surface area contributed by atoms with Crippen LogP contribution in [0.5, 0.6) is 0 Å². The average molecular weight is 426 g/mol. The summed E-state index contributed by atoms with van der Waals surface area (Å²) in [5.41, 5.74) is 4.42. The average Bonchev–Trinajstić information content (AvgIpc) is 3.32. The number of carbonyl (C=O) groups is 1. The number of hydrogen-bond donors (Lipinski definition) is 2. The van der Waals surface area contributed by atoms with Crippen molar-refractivity contribution >= 4 is 38.6 Å². The number of nitrogens with one attached hydrogen (secondary N) is 2. The predicted octanol–water partition coefficient (Wildman–Crippen LogP) is 4.25.